The molecule has 1 amide bonds. The summed E-state index contributed by atoms with van der Waals surface area (Å²) in [5, 5.41) is 2.78. The van der Waals surface area contributed by atoms with Crippen LogP contribution in [0.15, 0.2) is 24.3 Å². The van der Waals surface area contributed by atoms with E-state index in [0.29, 0.717) is 12.2 Å². The van der Waals surface area contributed by atoms with Crippen LogP contribution in [0.4, 0.5) is 5.69 Å². The van der Waals surface area contributed by atoms with Crippen LogP contribution in [0.3, 0.4) is 0 Å². The lowest BCUT2D eigenvalue weighted by Gasteiger charge is -2.11. The van der Waals surface area contributed by atoms with Gasteiger partial charge in [0, 0.05) is 12.2 Å². The summed E-state index contributed by atoms with van der Waals surface area (Å²) in [4.78, 5) is 11.5. The fourth-order valence-corrected chi connectivity index (χ4v) is 1.31. The van der Waals surface area contributed by atoms with Crippen molar-refractivity contribution < 1.29 is 4.79 Å². The van der Waals surface area contributed by atoms with E-state index in [9.17, 15) is 4.79 Å². The summed E-state index contributed by atoms with van der Waals surface area (Å²) in [6.07, 6.45) is 0. The summed E-state index contributed by atoms with van der Waals surface area (Å²) < 4.78 is 0. The van der Waals surface area contributed by atoms with Gasteiger partial charge in [-0.25, -0.2) is 0 Å². The largest absolute Gasteiger partial charge is 0.399 e. The Hall–Kier alpha value is -1.51. The van der Waals surface area contributed by atoms with E-state index in [1.54, 1.807) is 0 Å². The van der Waals surface area contributed by atoms with Crippen molar-refractivity contribution in [3.63, 3.8) is 0 Å². The third-order valence-electron chi connectivity index (χ3n) is 2.15. The third-order valence-corrected chi connectivity index (χ3v) is 2.15. The van der Waals surface area contributed by atoms with E-state index in [0.717, 1.165) is 5.56 Å². The van der Waals surface area contributed by atoms with E-state index in [4.69, 9.17) is 5.73 Å². The lowest BCUT2D eigenvalue weighted by atomic mass is 10.00. The molecular formula is C11H16N2O. The van der Waals surface area contributed by atoms with Gasteiger partial charge in [0.05, 0.1) is 5.92 Å². The molecule has 1 aromatic rings. The van der Waals surface area contributed by atoms with Crippen molar-refractivity contribution in [3.05, 3.63) is 29.8 Å². The van der Waals surface area contributed by atoms with Crippen molar-refractivity contribution in [1.82, 2.24) is 5.32 Å². The molecule has 3 nitrogen and oxygen atoms in total. The fraction of sp³-hybridized carbons (Fsp3) is 0.364. The second-order valence-electron chi connectivity index (χ2n) is 3.29. The summed E-state index contributed by atoms with van der Waals surface area (Å²) in [7, 11) is 0. The molecule has 0 radical (unpaired) electrons. The first-order chi connectivity index (χ1) is 6.65. The van der Waals surface area contributed by atoms with Crippen molar-refractivity contribution in [2.45, 2.75) is 19.8 Å². The number of benzene rings is 1. The Balaban J connectivity index is 2.78. The summed E-state index contributed by atoms with van der Waals surface area (Å²) in [5.74, 6) is -0.100. The molecule has 76 valence electrons. The second kappa shape index (κ2) is 4.65. The molecule has 14 heavy (non-hydrogen) atoms. The van der Waals surface area contributed by atoms with Crippen LogP contribution >= 0.6 is 0 Å². The van der Waals surface area contributed by atoms with Crippen molar-refractivity contribution in [1.29, 1.82) is 0 Å². The minimum atomic E-state index is -0.140. The molecule has 0 aliphatic carbocycles. The Bertz CT molecular complexity index is 323. The average Bonchev–Trinajstić information content (AvgIpc) is 2.17. The number of amides is 1. The van der Waals surface area contributed by atoms with Gasteiger partial charge in [-0.2, -0.15) is 0 Å². The number of carbonyl (C=O) groups is 1. The van der Waals surface area contributed by atoms with Gasteiger partial charge >= 0.3 is 0 Å². The Morgan fingerprint density at radius 1 is 1.57 bits per heavy atom. The van der Waals surface area contributed by atoms with Gasteiger partial charge in [-0.15, -0.1) is 0 Å². The highest BCUT2D eigenvalue weighted by Crippen LogP contribution is 2.17. The molecule has 0 spiro atoms. The van der Waals surface area contributed by atoms with Gasteiger partial charge in [0.2, 0.25) is 5.91 Å². The van der Waals surface area contributed by atoms with Crippen LogP contribution in [0.25, 0.3) is 0 Å². The zero-order valence-corrected chi connectivity index (χ0v) is 8.58. The first-order valence-corrected chi connectivity index (χ1v) is 4.78. The van der Waals surface area contributed by atoms with Gasteiger partial charge in [-0.1, -0.05) is 12.1 Å². The molecule has 0 heterocycles. The number of nitrogen functional groups attached to an aromatic ring is 1. The summed E-state index contributed by atoms with van der Waals surface area (Å²) in [6, 6.07) is 7.42. The van der Waals surface area contributed by atoms with Crippen molar-refractivity contribution in [3.8, 4) is 0 Å². The minimum Gasteiger partial charge on any atom is -0.399 e. The van der Waals surface area contributed by atoms with Gasteiger partial charge < -0.3 is 11.1 Å². The van der Waals surface area contributed by atoms with Crippen LogP contribution in [0.1, 0.15) is 25.3 Å². The van der Waals surface area contributed by atoms with E-state index >= 15 is 0 Å². The minimum absolute atomic E-state index is 0.0399. The Labute approximate surface area is 84.3 Å². The number of carbonyl (C=O) groups excluding carboxylic acids is 1. The highest BCUT2D eigenvalue weighted by molar-refractivity contribution is 5.83. The summed E-state index contributed by atoms with van der Waals surface area (Å²) >= 11 is 0. The van der Waals surface area contributed by atoms with Gasteiger partial charge in [-0.3, -0.25) is 4.79 Å². The third kappa shape index (κ3) is 2.49. The number of rotatable bonds is 3. The molecule has 3 heteroatoms. The molecule has 1 atom stereocenters. The molecule has 0 aliphatic heterocycles. The van der Waals surface area contributed by atoms with E-state index in [-0.39, 0.29) is 11.8 Å². The number of likely N-dealkylation sites (N-methyl/N-ethyl adjacent to an activating group) is 1. The Kier molecular flexibility index (Phi) is 3.51. The van der Waals surface area contributed by atoms with E-state index < -0.39 is 0 Å². The van der Waals surface area contributed by atoms with Crippen LogP contribution in [0.5, 0.6) is 0 Å². The first-order valence-electron chi connectivity index (χ1n) is 4.78. The van der Waals surface area contributed by atoms with Crippen molar-refractivity contribution in [2.75, 3.05) is 12.3 Å². The van der Waals surface area contributed by atoms with Gasteiger partial charge in [0.15, 0.2) is 0 Å². The number of nitrogens with two attached hydrogens (primary N) is 1. The predicted molar refractivity (Wildman–Crippen MR) is 58.0 cm³/mol. The lowest BCUT2D eigenvalue weighted by molar-refractivity contribution is -0.122. The maximum absolute atomic E-state index is 11.5. The average molecular weight is 192 g/mol. The molecule has 1 rings (SSSR count). The quantitative estimate of drug-likeness (QED) is 0.713. The first kappa shape index (κ1) is 10.6. The van der Waals surface area contributed by atoms with E-state index in [1.165, 1.54) is 0 Å². The van der Waals surface area contributed by atoms with Gasteiger partial charge in [-0.05, 0) is 31.5 Å². The maximum atomic E-state index is 11.5. The standard InChI is InChI=1S/C11H16N2O/c1-3-13-11(14)8(2)9-5-4-6-10(12)7-9/h4-8H,3,12H2,1-2H3,(H,13,14). The van der Waals surface area contributed by atoms with Crippen LogP contribution in [0.2, 0.25) is 0 Å². The fourth-order valence-electron chi connectivity index (χ4n) is 1.31. The molecule has 0 bridgehead atoms. The maximum Gasteiger partial charge on any atom is 0.227 e. The highest BCUT2D eigenvalue weighted by Gasteiger charge is 2.13. The molecule has 0 aliphatic rings. The number of hydrogen-bond acceptors (Lipinski definition) is 2. The van der Waals surface area contributed by atoms with Crippen LogP contribution in [-0.4, -0.2) is 12.5 Å². The molecule has 0 fully saturated rings. The van der Waals surface area contributed by atoms with Crippen LogP contribution in [0, 0.1) is 0 Å². The number of nitrogens with one attached hydrogen (secondary N) is 1. The van der Waals surface area contributed by atoms with Crippen LogP contribution in [-0.2, 0) is 4.79 Å². The van der Waals surface area contributed by atoms with Crippen LogP contribution < -0.4 is 11.1 Å². The molecule has 0 aromatic heterocycles. The van der Waals surface area contributed by atoms with Crippen molar-refractivity contribution in [2.24, 2.45) is 0 Å². The number of anilines is 1. The topological polar surface area (TPSA) is 55.1 Å². The van der Waals surface area contributed by atoms with Crippen molar-refractivity contribution >= 4 is 11.6 Å². The molecule has 0 saturated heterocycles. The zero-order chi connectivity index (χ0) is 10.6. The molecular weight excluding hydrogens is 176 g/mol. The van der Waals surface area contributed by atoms with E-state index in [1.807, 2.05) is 38.1 Å². The smallest absolute Gasteiger partial charge is 0.227 e. The second-order valence-corrected chi connectivity index (χ2v) is 3.29. The monoisotopic (exact) mass is 192 g/mol. The summed E-state index contributed by atoms with van der Waals surface area (Å²) in [5.41, 5.74) is 7.29. The predicted octanol–water partition coefficient (Wildman–Crippen LogP) is 1.51. The highest BCUT2D eigenvalue weighted by atomic mass is 16.1. The normalized spacial score (nSPS) is 12.1. The lowest BCUT2D eigenvalue weighted by Crippen LogP contribution is -2.27. The zero-order valence-electron chi connectivity index (χ0n) is 8.58. The Morgan fingerprint density at radius 2 is 2.29 bits per heavy atom. The summed E-state index contributed by atoms with van der Waals surface area (Å²) in [6.45, 7) is 4.44. The van der Waals surface area contributed by atoms with E-state index in [2.05, 4.69) is 5.32 Å². The van der Waals surface area contributed by atoms with Gasteiger partial charge in [0.25, 0.3) is 0 Å². The molecule has 1 aromatic carbocycles. The number of hydrogen-bond donors (Lipinski definition) is 2. The molecule has 3 N–H and O–H groups in total. The van der Waals surface area contributed by atoms with Gasteiger partial charge in [0.1, 0.15) is 0 Å². The Morgan fingerprint density at radius 3 is 2.86 bits per heavy atom. The molecule has 1 unspecified atom stereocenters. The SMILES string of the molecule is CCNC(=O)C(C)c1cccc(N)c1. The molecule has 0 saturated carbocycles.